The van der Waals surface area contributed by atoms with E-state index in [2.05, 4.69) is 10.3 Å². The summed E-state index contributed by atoms with van der Waals surface area (Å²) in [6.07, 6.45) is 6.26. The minimum absolute atomic E-state index is 0.214. The van der Waals surface area contributed by atoms with Crippen molar-refractivity contribution in [2.24, 2.45) is 0 Å². The van der Waals surface area contributed by atoms with Crippen molar-refractivity contribution in [2.45, 2.75) is 13.8 Å². The molecule has 0 spiro atoms. The van der Waals surface area contributed by atoms with E-state index in [0.29, 0.717) is 5.82 Å². The second-order valence-corrected chi connectivity index (χ2v) is 4.05. The number of pyridine rings is 1. The molecule has 0 bridgehead atoms. The van der Waals surface area contributed by atoms with E-state index in [1.54, 1.807) is 24.7 Å². The first-order valence-electron chi connectivity index (χ1n) is 5.60. The highest BCUT2D eigenvalue weighted by atomic mass is 16.3. The molecular weight excluding hydrogens is 228 g/mol. The number of rotatable bonds is 3. The summed E-state index contributed by atoms with van der Waals surface area (Å²) in [4.78, 5) is 15.9. The van der Waals surface area contributed by atoms with E-state index in [1.165, 1.54) is 6.08 Å². The fourth-order valence-corrected chi connectivity index (χ4v) is 1.62. The molecular formula is C14H14N2O2. The molecule has 0 saturated carbocycles. The van der Waals surface area contributed by atoms with E-state index in [0.717, 1.165) is 16.8 Å². The van der Waals surface area contributed by atoms with Crippen LogP contribution in [-0.2, 0) is 4.79 Å². The van der Waals surface area contributed by atoms with Gasteiger partial charge >= 0.3 is 0 Å². The lowest BCUT2D eigenvalue weighted by atomic mass is 10.2. The molecule has 18 heavy (non-hydrogen) atoms. The lowest BCUT2D eigenvalue weighted by molar-refractivity contribution is -0.111. The maximum Gasteiger partial charge on any atom is 0.249 e. The zero-order valence-electron chi connectivity index (χ0n) is 10.3. The van der Waals surface area contributed by atoms with E-state index < -0.39 is 0 Å². The van der Waals surface area contributed by atoms with Crippen LogP contribution in [-0.4, -0.2) is 10.9 Å². The lowest BCUT2D eigenvalue weighted by Crippen LogP contribution is -2.09. The van der Waals surface area contributed by atoms with Gasteiger partial charge in [-0.1, -0.05) is 0 Å². The van der Waals surface area contributed by atoms with Crippen LogP contribution >= 0.6 is 0 Å². The second-order valence-electron chi connectivity index (χ2n) is 4.05. The first-order chi connectivity index (χ1) is 8.63. The van der Waals surface area contributed by atoms with Gasteiger partial charge < -0.3 is 9.73 Å². The van der Waals surface area contributed by atoms with Gasteiger partial charge in [-0.25, -0.2) is 4.98 Å². The molecule has 0 aliphatic carbocycles. The normalized spacial score (nSPS) is 10.8. The van der Waals surface area contributed by atoms with Crippen LogP contribution in [0.4, 0.5) is 5.82 Å². The minimum Gasteiger partial charge on any atom is -0.472 e. The summed E-state index contributed by atoms with van der Waals surface area (Å²) in [5.74, 6) is 0.350. The molecule has 2 rings (SSSR count). The molecule has 2 aromatic rings. The van der Waals surface area contributed by atoms with Crippen molar-refractivity contribution in [3.8, 4) is 0 Å². The summed E-state index contributed by atoms with van der Waals surface area (Å²) in [7, 11) is 0. The van der Waals surface area contributed by atoms with Crippen molar-refractivity contribution in [2.75, 3.05) is 5.32 Å². The Kier molecular flexibility index (Phi) is 3.57. The third-order valence-corrected chi connectivity index (χ3v) is 2.32. The highest BCUT2D eigenvalue weighted by Gasteiger charge is 2.01. The molecule has 0 aromatic carbocycles. The van der Waals surface area contributed by atoms with Crippen molar-refractivity contribution in [1.29, 1.82) is 0 Å². The quantitative estimate of drug-likeness (QED) is 0.842. The van der Waals surface area contributed by atoms with Crippen molar-refractivity contribution in [1.82, 2.24) is 4.98 Å². The monoisotopic (exact) mass is 242 g/mol. The standard InChI is InChI=1S/C14H14N2O2/c1-10-7-11(2)15-13(8-10)16-14(17)4-3-12-5-6-18-9-12/h3-9H,1-2H3,(H,15,16,17)/b4-3+. The van der Waals surface area contributed by atoms with Crippen LogP contribution in [0.15, 0.2) is 41.2 Å². The number of carbonyl (C=O) groups excluding carboxylic acids is 1. The third-order valence-electron chi connectivity index (χ3n) is 2.32. The van der Waals surface area contributed by atoms with Crippen molar-refractivity contribution in [3.05, 3.63) is 53.6 Å². The average Bonchev–Trinajstić information content (AvgIpc) is 2.77. The van der Waals surface area contributed by atoms with Crippen molar-refractivity contribution < 1.29 is 9.21 Å². The number of nitrogens with zero attached hydrogens (tertiary/aromatic N) is 1. The van der Waals surface area contributed by atoms with E-state index in [4.69, 9.17) is 4.42 Å². The molecule has 2 heterocycles. The second kappa shape index (κ2) is 5.31. The molecule has 4 nitrogen and oxygen atoms in total. The Bertz CT molecular complexity index is 551. The first-order valence-corrected chi connectivity index (χ1v) is 5.60. The third kappa shape index (κ3) is 3.31. The van der Waals surface area contributed by atoms with Gasteiger partial charge in [0.1, 0.15) is 5.82 Å². The molecule has 0 saturated heterocycles. The van der Waals surface area contributed by atoms with Gasteiger partial charge in [-0.05, 0) is 43.7 Å². The molecule has 0 unspecified atom stereocenters. The summed E-state index contributed by atoms with van der Waals surface area (Å²) in [5.41, 5.74) is 2.79. The Hall–Kier alpha value is -2.36. The minimum atomic E-state index is -0.214. The number of carbonyl (C=O) groups is 1. The topological polar surface area (TPSA) is 55.1 Å². The Balaban J connectivity index is 2.03. The summed E-state index contributed by atoms with van der Waals surface area (Å²) in [5, 5.41) is 2.72. The van der Waals surface area contributed by atoms with Gasteiger partial charge in [-0.2, -0.15) is 0 Å². The van der Waals surface area contributed by atoms with Crippen LogP contribution in [0, 0.1) is 13.8 Å². The smallest absolute Gasteiger partial charge is 0.249 e. The molecule has 4 heteroatoms. The maximum absolute atomic E-state index is 11.7. The van der Waals surface area contributed by atoms with Gasteiger partial charge in [0.2, 0.25) is 5.91 Å². The number of aryl methyl sites for hydroxylation is 2. The van der Waals surface area contributed by atoms with Crippen molar-refractivity contribution in [3.63, 3.8) is 0 Å². The molecule has 0 aliphatic rings. The number of nitrogens with one attached hydrogen (secondary N) is 1. The SMILES string of the molecule is Cc1cc(C)nc(NC(=O)/C=C/c2ccoc2)c1. The van der Waals surface area contributed by atoms with E-state index in [9.17, 15) is 4.79 Å². The van der Waals surface area contributed by atoms with Crippen LogP contribution in [0.25, 0.3) is 6.08 Å². The Labute approximate surface area is 105 Å². The summed E-state index contributed by atoms with van der Waals surface area (Å²) < 4.78 is 4.90. The van der Waals surface area contributed by atoms with Crippen LogP contribution < -0.4 is 5.32 Å². The predicted octanol–water partition coefficient (Wildman–Crippen LogP) is 2.94. The van der Waals surface area contributed by atoms with Crippen LogP contribution in [0.2, 0.25) is 0 Å². The van der Waals surface area contributed by atoms with Crippen molar-refractivity contribution >= 4 is 17.8 Å². The van der Waals surface area contributed by atoms with E-state index in [1.807, 2.05) is 26.0 Å². The highest BCUT2D eigenvalue weighted by Crippen LogP contribution is 2.09. The molecule has 2 aromatic heterocycles. The van der Waals surface area contributed by atoms with Gasteiger partial charge in [-0.15, -0.1) is 0 Å². The highest BCUT2D eigenvalue weighted by molar-refractivity contribution is 6.01. The first kappa shape index (κ1) is 12.1. The molecule has 92 valence electrons. The predicted molar refractivity (Wildman–Crippen MR) is 70.1 cm³/mol. The fraction of sp³-hybridized carbons (Fsp3) is 0.143. The summed E-state index contributed by atoms with van der Waals surface area (Å²) >= 11 is 0. The number of amides is 1. The Morgan fingerprint density at radius 1 is 1.39 bits per heavy atom. The lowest BCUT2D eigenvalue weighted by Gasteiger charge is -2.03. The molecule has 1 amide bonds. The Morgan fingerprint density at radius 2 is 2.22 bits per heavy atom. The molecule has 0 aliphatic heterocycles. The molecule has 0 atom stereocenters. The van der Waals surface area contributed by atoms with Gasteiger partial charge in [0.05, 0.1) is 12.5 Å². The summed E-state index contributed by atoms with van der Waals surface area (Å²) in [6, 6.07) is 5.56. The maximum atomic E-state index is 11.7. The number of aromatic nitrogens is 1. The van der Waals surface area contributed by atoms with E-state index in [-0.39, 0.29) is 5.91 Å². The van der Waals surface area contributed by atoms with Crippen LogP contribution in [0.1, 0.15) is 16.8 Å². The fourth-order valence-electron chi connectivity index (χ4n) is 1.62. The average molecular weight is 242 g/mol. The zero-order valence-corrected chi connectivity index (χ0v) is 10.3. The molecule has 0 radical (unpaired) electrons. The van der Waals surface area contributed by atoms with Gasteiger partial charge in [0, 0.05) is 17.3 Å². The number of furan rings is 1. The van der Waals surface area contributed by atoms with Crippen LogP contribution in [0.5, 0.6) is 0 Å². The van der Waals surface area contributed by atoms with Gasteiger partial charge in [0.15, 0.2) is 0 Å². The van der Waals surface area contributed by atoms with Crippen LogP contribution in [0.3, 0.4) is 0 Å². The number of anilines is 1. The van der Waals surface area contributed by atoms with E-state index >= 15 is 0 Å². The zero-order chi connectivity index (χ0) is 13.0. The Morgan fingerprint density at radius 3 is 2.89 bits per heavy atom. The largest absolute Gasteiger partial charge is 0.472 e. The van der Waals surface area contributed by atoms with Gasteiger partial charge in [0.25, 0.3) is 0 Å². The molecule has 0 fully saturated rings. The van der Waals surface area contributed by atoms with Gasteiger partial charge in [-0.3, -0.25) is 4.79 Å². The number of hydrogen-bond donors (Lipinski definition) is 1. The number of hydrogen-bond acceptors (Lipinski definition) is 3. The molecule has 1 N–H and O–H groups in total. The summed E-state index contributed by atoms with van der Waals surface area (Å²) in [6.45, 7) is 3.86.